The number of anilines is 1. The zero-order valence-electron chi connectivity index (χ0n) is 15.8. The third-order valence-corrected chi connectivity index (χ3v) is 4.73. The Labute approximate surface area is 163 Å². The lowest BCUT2D eigenvalue weighted by Gasteiger charge is -2.29. The lowest BCUT2D eigenvalue weighted by Crippen LogP contribution is -2.37. The Balaban J connectivity index is 0.000000369. The number of fused-ring (bicyclic) bond motifs is 4. The Kier molecular flexibility index (Phi) is 4.75. The molecule has 3 heterocycles. The van der Waals surface area contributed by atoms with Gasteiger partial charge in [0.15, 0.2) is 23.8 Å². The van der Waals surface area contributed by atoms with E-state index in [0.29, 0.717) is 13.2 Å². The molecule has 0 saturated heterocycles. The van der Waals surface area contributed by atoms with Crippen molar-refractivity contribution < 1.29 is 31.5 Å². The summed E-state index contributed by atoms with van der Waals surface area (Å²) in [5, 5.41) is 1.83. The van der Waals surface area contributed by atoms with E-state index in [2.05, 4.69) is 23.6 Å². The van der Waals surface area contributed by atoms with Gasteiger partial charge in [-0.25, -0.2) is 9.57 Å². The molecule has 0 aliphatic carbocycles. The first-order chi connectivity index (χ1) is 13.7. The van der Waals surface area contributed by atoms with E-state index in [0.717, 1.165) is 58.2 Å². The highest BCUT2D eigenvalue weighted by atomic mass is 19.5. The van der Waals surface area contributed by atoms with Gasteiger partial charge in [-0.15, -0.1) is 0 Å². The van der Waals surface area contributed by atoms with Crippen molar-refractivity contribution in [2.75, 3.05) is 45.3 Å². The smallest absolute Gasteiger partial charge is 0.489 e. The fourth-order valence-electron chi connectivity index (χ4n) is 3.32. The van der Waals surface area contributed by atoms with Crippen molar-refractivity contribution >= 4 is 18.6 Å². The molecule has 0 N–H and O–H groups in total. The van der Waals surface area contributed by atoms with Gasteiger partial charge in [0.25, 0.3) is 0 Å². The van der Waals surface area contributed by atoms with Crippen LogP contribution in [0.25, 0.3) is 0 Å². The molecule has 29 heavy (non-hydrogen) atoms. The first-order valence-electron chi connectivity index (χ1n) is 9.00. The van der Waals surface area contributed by atoms with Crippen LogP contribution in [0.3, 0.4) is 0 Å². The molecule has 0 radical (unpaired) electrons. The van der Waals surface area contributed by atoms with Gasteiger partial charge in [0.2, 0.25) is 5.36 Å². The molecule has 0 unspecified atom stereocenters. The van der Waals surface area contributed by atoms with Crippen LogP contribution < -0.4 is 34.4 Å². The standard InChI is InChI=1S/C18H18N3O3.BF4/c1-20-3-5-22-17-7-11-15(9-13(17)20)24-16-10-14-18(8-12(16)19-11)23-6-4-21(14)2;2-1(3,4)5/h7-10H,3-6H2,1-2H3;/q+1;-1. The van der Waals surface area contributed by atoms with Gasteiger partial charge in [-0.2, -0.15) is 0 Å². The Morgan fingerprint density at radius 2 is 1.69 bits per heavy atom. The monoisotopic (exact) mass is 411 g/mol. The second-order valence-electron chi connectivity index (χ2n) is 6.82. The van der Waals surface area contributed by atoms with Gasteiger partial charge in [0, 0.05) is 25.2 Å². The minimum atomic E-state index is -6.00. The summed E-state index contributed by atoms with van der Waals surface area (Å²) >= 11 is 0. The molecule has 154 valence electrons. The molecule has 11 heteroatoms. The van der Waals surface area contributed by atoms with Crippen LogP contribution in [0.5, 0.6) is 23.0 Å². The molecule has 0 fully saturated rings. The van der Waals surface area contributed by atoms with Crippen LogP contribution in [-0.2, 0) is 0 Å². The number of nitrogens with zero attached hydrogens (tertiary/aromatic N) is 3. The second kappa shape index (κ2) is 7.13. The summed E-state index contributed by atoms with van der Waals surface area (Å²) in [5.74, 6) is 3.23. The summed E-state index contributed by atoms with van der Waals surface area (Å²) in [6.07, 6.45) is 0. The molecule has 0 amide bonds. The summed E-state index contributed by atoms with van der Waals surface area (Å²) < 4.78 is 58.8. The number of halogens is 4. The number of benzene rings is 2. The number of hydrogen-bond acceptors (Lipinski definition) is 5. The highest BCUT2D eigenvalue weighted by Crippen LogP contribution is 2.43. The highest BCUT2D eigenvalue weighted by Gasteiger charge is 2.24. The molecule has 0 spiro atoms. The Bertz CT molecular complexity index is 1090. The molecule has 5 rings (SSSR count). The lowest BCUT2D eigenvalue weighted by molar-refractivity contribution is 0.279. The van der Waals surface area contributed by atoms with Crippen molar-refractivity contribution in [3.63, 3.8) is 0 Å². The molecule has 3 aliphatic heterocycles. The second-order valence-corrected chi connectivity index (χ2v) is 6.82. The highest BCUT2D eigenvalue weighted by molar-refractivity contribution is 6.50. The maximum Gasteiger partial charge on any atom is 0.673 e. The van der Waals surface area contributed by atoms with Gasteiger partial charge < -0.3 is 36.4 Å². The Morgan fingerprint density at radius 3 is 2.45 bits per heavy atom. The zero-order valence-corrected chi connectivity index (χ0v) is 15.8. The first-order valence-corrected chi connectivity index (χ1v) is 9.00. The fraction of sp³-hybridized carbons (Fsp3) is 0.333. The van der Waals surface area contributed by atoms with Crippen molar-refractivity contribution in [1.82, 2.24) is 4.58 Å². The van der Waals surface area contributed by atoms with Crippen molar-refractivity contribution in [2.24, 2.45) is 4.99 Å². The first kappa shape index (κ1) is 19.3. The summed E-state index contributed by atoms with van der Waals surface area (Å²) in [5.41, 5.74) is 1.83. The molecule has 0 bridgehead atoms. The Hall–Kier alpha value is -2.98. The number of hydrogen-bond donors (Lipinski definition) is 0. The summed E-state index contributed by atoms with van der Waals surface area (Å²) in [4.78, 5) is 6.93. The van der Waals surface area contributed by atoms with Gasteiger partial charge in [-0.05, 0) is 0 Å². The quantitative estimate of drug-likeness (QED) is 0.324. The molecule has 0 atom stereocenters. The molecule has 2 aromatic rings. The minimum absolute atomic E-state index is 0.688. The third kappa shape index (κ3) is 4.08. The van der Waals surface area contributed by atoms with Crippen LogP contribution in [0.2, 0.25) is 0 Å². The topological polar surface area (TPSA) is 46.3 Å². The summed E-state index contributed by atoms with van der Waals surface area (Å²) in [6.45, 7) is 3.12. The van der Waals surface area contributed by atoms with Crippen LogP contribution in [0.1, 0.15) is 0 Å². The molecular formula is C18H18BF4N3O3. The Morgan fingerprint density at radius 1 is 0.966 bits per heavy atom. The lowest BCUT2D eigenvalue weighted by atomic mass is 10.1. The van der Waals surface area contributed by atoms with E-state index in [1.807, 2.05) is 24.3 Å². The van der Waals surface area contributed by atoms with Gasteiger partial charge in [0.05, 0.1) is 18.3 Å². The average Bonchev–Trinajstić information content (AvgIpc) is 2.63. The minimum Gasteiger partial charge on any atom is -0.489 e. The fourth-order valence-corrected chi connectivity index (χ4v) is 3.32. The van der Waals surface area contributed by atoms with Crippen LogP contribution in [0, 0.1) is 0 Å². The summed E-state index contributed by atoms with van der Waals surface area (Å²) in [7, 11) is -1.88. The van der Waals surface area contributed by atoms with E-state index in [1.54, 1.807) is 0 Å². The van der Waals surface area contributed by atoms with Gasteiger partial charge in [-0.1, -0.05) is 0 Å². The van der Waals surface area contributed by atoms with Crippen molar-refractivity contribution in [2.45, 2.75) is 0 Å². The van der Waals surface area contributed by atoms with Crippen LogP contribution in [-0.4, -0.2) is 47.7 Å². The van der Waals surface area contributed by atoms with E-state index >= 15 is 0 Å². The molecule has 3 aliphatic rings. The van der Waals surface area contributed by atoms with Crippen LogP contribution in [0.4, 0.5) is 28.6 Å². The molecule has 0 aromatic heterocycles. The SMILES string of the molecule is CN1CCOc2cc3c(cc21)Oc1cc2c(cc1=N3)OCC[N+]=2C.F[B-](F)(F)F. The molecular weight excluding hydrogens is 393 g/mol. The van der Waals surface area contributed by atoms with E-state index in [-0.39, 0.29) is 0 Å². The van der Waals surface area contributed by atoms with Gasteiger partial charge >= 0.3 is 7.25 Å². The molecule has 0 saturated carbocycles. The van der Waals surface area contributed by atoms with E-state index in [1.165, 1.54) is 0 Å². The van der Waals surface area contributed by atoms with E-state index in [4.69, 9.17) is 19.2 Å². The normalized spacial score (nSPS) is 16.3. The third-order valence-electron chi connectivity index (χ3n) is 4.73. The van der Waals surface area contributed by atoms with E-state index in [9.17, 15) is 17.3 Å². The molecule has 2 aromatic carbocycles. The maximum atomic E-state index is 9.75. The zero-order chi connectivity index (χ0) is 20.8. The predicted octanol–water partition coefficient (Wildman–Crippen LogP) is 2.39. The van der Waals surface area contributed by atoms with Crippen molar-refractivity contribution in [3.8, 4) is 23.0 Å². The molecule has 6 nitrogen and oxygen atoms in total. The van der Waals surface area contributed by atoms with Gasteiger partial charge in [-0.3, -0.25) is 0 Å². The van der Waals surface area contributed by atoms with Crippen molar-refractivity contribution in [3.05, 3.63) is 35.0 Å². The van der Waals surface area contributed by atoms with E-state index < -0.39 is 7.25 Å². The maximum absolute atomic E-state index is 9.75. The number of rotatable bonds is 0. The van der Waals surface area contributed by atoms with Gasteiger partial charge in [0.1, 0.15) is 37.1 Å². The largest absolute Gasteiger partial charge is 0.673 e. The predicted molar refractivity (Wildman–Crippen MR) is 99.9 cm³/mol. The number of ether oxygens (including phenoxy) is 3. The van der Waals surface area contributed by atoms with Crippen LogP contribution >= 0.6 is 0 Å². The number of likely N-dealkylation sites (N-methyl/N-ethyl adjacent to an activating group) is 2. The van der Waals surface area contributed by atoms with Crippen molar-refractivity contribution in [1.29, 1.82) is 0 Å². The average molecular weight is 411 g/mol. The summed E-state index contributed by atoms with van der Waals surface area (Å²) in [6, 6.07) is 7.93. The van der Waals surface area contributed by atoms with Crippen LogP contribution in [0.15, 0.2) is 29.3 Å².